The molecule has 10 nitrogen and oxygen atoms in total. The summed E-state index contributed by atoms with van der Waals surface area (Å²) in [5.74, 6) is 0. The van der Waals surface area contributed by atoms with E-state index in [9.17, 15) is 20.2 Å². The zero-order valence-corrected chi connectivity index (χ0v) is 22.5. The number of nitrogens with zero attached hydrogens (tertiary/aromatic N) is 2. The first-order valence-electron chi connectivity index (χ1n) is 12.4. The van der Waals surface area contributed by atoms with Crippen LogP contribution in [-0.2, 0) is 0 Å². The third kappa shape index (κ3) is 6.42. The molecule has 3 heterocycles. The quantitative estimate of drug-likeness (QED) is 0.102. The van der Waals surface area contributed by atoms with Crippen LogP contribution in [0.4, 0.5) is 17.1 Å². The van der Waals surface area contributed by atoms with E-state index in [-0.39, 0.29) is 16.3 Å². The van der Waals surface area contributed by atoms with Gasteiger partial charge in [0.1, 0.15) is 0 Å². The summed E-state index contributed by atoms with van der Waals surface area (Å²) < 4.78 is 0. The van der Waals surface area contributed by atoms with Gasteiger partial charge in [-0.25, -0.2) is 0 Å². The minimum atomic E-state index is -0.393. The monoisotopic (exact) mass is 528 g/mol. The molecule has 0 radical (unpaired) electrons. The Balaban J connectivity index is 0.000000157. The van der Waals surface area contributed by atoms with E-state index in [0.717, 1.165) is 38.8 Å². The molecular formula is C29H32N6O4. The van der Waals surface area contributed by atoms with Crippen LogP contribution in [0.5, 0.6) is 0 Å². The van der Waals surface area contributed by atoms with Gasteiger partial charge >= 0.3 is 0 Å². The molecule has 0 unspecified atom stereocenters. The fourth-order valence-corrected chi connectivity index (χ4v) is 4.15. The molecule has 0 saturated heterocycles. The van der Waals surface area contributed by atoms with Crippen molar-refractivity contribution < 1.29 is 9.85 Å². The predicted molar refractivity (Wildman–Crippen MR) is 158 cm³/mol. The van der Waals surface area contributed by atoms with Gasteiger partial charge in [0.2, 0.25) is 0 Å². The topological polar surface area (TPSA) is 160 Å². The van der Waals surface area contributed by atoms with Crippen LogP contribution in [0.2, 0.25) is 0 Å². The standard InChI is InChI=1S/2C9H8N2O2.C9H10N2.C2H6/c1-6-5-10-9-4-7(11(12)13)2-3-8(6)9;1-6-5-10-7-3-2-4-8(9(6)7)11(12)13;1-6-5-11-9-4-7(10)2-3-8(6)9;1-2/h2*2-5,10H,1H3;2-5,11H,10H2,1H3;1-2H3. The number of aromatic amines is 3. The maximum absolute atomic E-state index is 10.7. The average Bonchev–Trinajstić information content (AvgIpc) is 3.62. The number of H-pyrrole nitrogens is 3. The van der Waals surface area contributed by atoms with Crippen LogP contribution >= 0.6 is 0 Å². The molecular weight excluding hydrogens is 496 g/mol. The number of nitro groups is 2. The molecule has 0 atom stereocenters. The fourth-order valence-electron chi connectivity index (χ4n) is 4.15. The largest absolute Gasteiger partial charge is 0.399 e. The van der Waals surface area contributed by atoms with Crippen molar-refractivity contribution in [1.82, 2.24) is 15.0 Å². The molecule has 3 aromatic carbocycles. The molecule has 0 aliphatic heterocycles. The zero-order valence-electron chi connectivity index (χ0n) is 22.5. The van der Waals surface area contributed by atoms with Gasteiger partial charge < -0.3 is 20.7 Å². The highest BCUT2D eigenvalue weighted by atomic mass is 16.6. The first-order chi connectivity index (χ1) is 18.7. The van der Waals surface area contributed by atoms with Crippen LogP contribution in [0.1, 0.15) is 30.5 Å². The third-order valence-corrected chi connectivity index (χ3v) is 6.07. The van der Waals surface area contributed by atoms with Crippen molar-refractivity contribution in [1.29, 1.82) is 0 Å². The molecule has 5 N–H and O–H groups in total. The lowest BCUT2D eigenvalue weighted by atomic mass is 10.1. The number of nitrogens with two attached hydrogens (primary N) is 1. The summed E-state index contributed by atoms with van der Waals surface area (Å²) in [6.07, 6.45) is 5.61. The summed E-state index contributed by atoms with van der Waals surface area (Å²) in [7, 11) is 0. The molecule has 6 rings (SSSR count). The highest BCUT2D eigenvalue weighted by molar-refractivity contribution is 5.91. The Morgan fingerprint density at radius 3 is 1.79 bits per heavy atom. The number of fused-ring (bicyclic) bond motifs is 3. The van der Waals surface area contributed by atoms with Crippen LogP contribution in [0.25, 0.3) is 32.7 Å². The second kappa shape index (κ2) is 12.4. The van der Waals surface area contributed by atoms with Gasteiger partial charge in [-0.2, -0.15) is 0 Å². The van der Waals surface area contributed by atoms with Gasteiger partial charge in [0.25, 0.3) is 11.4 Å². The molecule has 0 fully saturated rings. The number of nitro benzene ring substituents is 2. The van der Waals surface area contributed by atoms with Gasteiger partial charge in [-0.1, -0.05) is 26.0 Å². The van der Waals surface area contributed by atoms with Gasteiger partial charge in [-0.15, -0.1) is 0 Å². The number of rotatable bonds is 2. The van der Waals surface area contributed by atoms with Crippen molar-refractivity contribution in [3.05, 3.63) is 110 Å². The number of anilines is 1. The minimum absolute atomic E-state index is 0.120. The number of nitrogens with one attached hydrogen (secondary N) is 3. The molecule has 0 bridgehead atoms. The molecule has 10 heteroatoms. The summed E-state index contributed by atoms with van der Waals surface area (Å²) in [6.45, 7) is 9.89. The summed E-state index contributed by atoms with van der Waals surface area (Å²) in [5.41, 5.74) is 12.7. The van der Waals surface area contributed by atoms with Crippen molar-refractivity contribution in [2.24, 2.45) is 0 Å². The fraction of sp³-hybridized carbons (Fsp3) is 0.172. The highest BCUT2D eigenvalue weighted by Crippen LogP contribution is 2.27. The Hall–Kier alpha value is -5.12. The van der Waals surface area contributed by atoms with E-state index < -0.39 is 4.92 Å². The van der Waals surface area contributed by atoms with Gasteiger partial charge in [0, 0.05) is 58.8 Å². The van der Waals surface area contributed by atoms with Gasteiger partial charge in [-0.3, -0.25) is 20.2 Å². The van der Waals surface area contributed by atoms with E-state index in [1.807, 2.05) is 64.4 Å². The first kappa shape index (κ1) is 28.5. The molecule has 0 amide bonds. The number of hydrogen-bond donors (Lipinski definition) is 4. The van der Waals surface area contributed by atoms with Crippen LogP contribution in [0, 0.1) is 41.0 Å². The van der Waals surface area contributed by atoms with Crippen molar-refractivity contribution in [2.75, 3.05) is 5.73 Å². The van der Waals surface area contributed by atoms with E-state index in [4.69, 9.17) is 5.73 Å². The summed E-state index contributed by atoms with van der Waals surface area (Å²) >= 11 is 0. The lowest BCUT2D eigenvalue weighted by molar-refractivity contribution is -0.384. The number of hydrogen-bond acceptors (Lipinski definition) is 5. The van der Waals surface area contributed by atoms with Gasteiger partial charge in [0.15, 0.2) is 0 Å². The maximum atomic E-state index is 10.7. The number of nitrogen functional groups attached to an aromatic ring is 1. The van der Waals surface area contributed by atoms with Crippen LogP contribution in [0.3, 0.4) is 0 Å². The van der Waals surface area contributed by atoms with Gasteiger partial charge in [-0.05, 0) is 61.7 Å². The average molecular weight is 529 g/mol. The number of aryl methyl sites for hydroxylation is 3. The SMILES string of the molecule is CC.Cc1c[nH]c2cc(N)ccc12.Cc1c[nH]c2cc([N+](=O)[O-])ccc12.Cc1c[nH]c2cccc([N+](=O)[O-])c12. The molecule has 0 aliphatic carbocycles. The van der Waals surface area contributed by atoms with E-state index in [1.165, 1.54) is 23.1 Å². The van der Waals surface area contributed by atoms with E-state index in [2.05, 4.69) is 21.9 Å². The van der Waals surface area contributed by atoms with E-state index in [0.29, 0.717) is 5.39 Å². The molecule has 202 valence electrons. The normalized spacial score (nSPS) is 10.2. The van der Waals surface area contributed by atoms with Crippen LogP contribution in [-0.4, -0.2) is 24.8 Å². The Kier molecular flexibility index (Phi) is 9.06. The Labute approximate surface area is 225 Å². The highest BCUT2D eigenvalue weighted by Gasteiger charge is 2.13. The molecule has 0 aliphatic rings. The van der Waals surface area contributed by atoms with Gasteiger partial charge in [0.05, 0.1) is 26.3 Å². The van der Waals surface area contributed by atoms with Crippen LogP contribution in [0.15, 0.2) is 73.2 Å². The van der Waals surface area contributed by atoms with E-state index in [1.54, 1.807) is 24.4 Å². The van der Waals surface area contributed by atoms with Crippen molar-refractivity contribution in [3.8, 4) is 0 Å². The smallest absolute Gasteiger partial charge is 0.279 e. The Morgan fingerprint density at radius 1 is 0.667 bits per heavy atom. The van der Waals surface area contributed by atoms with Crippen molar-refractivity contribution >= 4 is 49.8 Å². The number of benzene rings is 3. The second-order valence-corrected chi connectivity index (χ2v) is 8.66. The predicted octanol–water partition coefficient (Wildman–Crippen LogP) is 7.85. The first-order valence-corrected chi connectivity index (χ1v) is 12.4. The second-order valence-electron chi connectivity index (χ2n) is 8.66. The van der Waals surface area contributed by atoms with Crippen LogP contribution < -0.4 is 5.73 Å². The Bertz CT molecular complexity index is 1740. The number of aromatic nitrogens is 3. The molecule has 6 aromatic rings. The third-order valence-electron chi connectivity index (χ3n) is 6.07. The maximum Gasteiger partial charge on any atom is 0.279 e. The molecule has 3 aromatic heterocycles. The minimum Gasteiger partial charge on any atom is -0.399 e. The summed E-state index contributed by atoms with van der Waals surface area (Å²) in [4.78, 5) is 29.5. The summed E-state index contributed by atoms with van der Waals surface area (Å²) in [6, 6.07) is 15.8. The van der Waals surface area contributed by atoms with E-state index >= 15 is 0 Å². The van der Waals surface area contributed by atoms with Crippen molar-refractivity contribution in [2.45, 2.75) is 34.6 Å². The Morgan fingerprint density at radius 2 is 1.21 bits per heavy atom. The lowest BCUT2D eigenvalue weighted by Crippen LogP contribution is -1.88. The summed E-state index contributed by atoms with van der Waals surface area (Å²) in [5, 5.41) is 24.1. The zero-order chi connectivity index (χ0) is 28.7. The van der Waals surface area contributed by atoms with Crippen molar-refractivity contribution in [3.63, 3.8) is 0 Å². The molecule has 0 saturated carbocycles. The lowest BCUT2D eigenvalue weighted by Gasteiger charge is -1.94. The molecule has 39 heavy (non-hydrogen) atoms. The molecule has 0 spiro atoms. The number of non-ortho nitro benzene ring substituents is 2.